The number of fused-ring (bicyclic) bond motifs is 1. The normalized spacial score (nSPS) is 12.3. The van der Waals surface area contributed by atoms with Crippen LogP contribution < -0.4 is 5.32 Å². The van der Waals surface area contributed by atoms with Crippen LogP contribution in [0.25, 0.3) is 23.1 Å². The molecule has 2 heterocycles. The molecule has 0 saturated heterocycles. The molecule has 0 fully saturated rings. The van der Waals surface area contributed by atoms with Crippen LogP contribution in [0.15, 0.2) is 67.0 Å². The van der Waals surface area contributed by atoms with Gasteiger partial charge in [0, 0.05) is 23.3 Å². The number of rotatable bonds is 6. The highest BCUT2D eigenvalue weighted by molar-refractivity contribution is 6.00. The Bertz CT molecular complexity index is 1190. The Hall–Kier alpha value is -3.84. The molecule has 0 radical (unpaired) electrons. The number of aromatic nitrogens is 3. The number of aliphatic hydroxyl groups excluding tert-OH is 1. The maximum Gasteiger partial charge on any atom is 0.251 e. The van der Waals surface area contributed by atoms with Gasteiger partial charge in [0.15, 0.2) is 5.82 Å². The van der Waals surface area contributed by atoms with Crippen LogP contribution in [0.5, 0.6) is 0 Å². The second kappa shape index (κ2) is 8.67. The lowest BCUT2D eigenvalue weighted by molar-refractivity contribution is 0.0916. The van der Waals surface area contributed by atoms with Gasteiger partial charge in [-0.25, -0.2) is 4.39 Å². The molecule has 0 bridgehead atoms. The predicted octanol–water partition coefficient (Wildman–Crippen LogP) is 3.73. The molecule has 6 nitrogen and oxygen atoms in total. The van der Waals surface area contributed by atoms with Gasteiger partial charge in [0.1, 0.15) is 5.52 Å². The lowest BCUT2D eigenvalue weighted by Crippen LogP contribution is -2.30. The minimum Gasteiger partial charge on any atom is -0.394 e. The second-order valence-electron chi connectivity index (χ2n) is 6.73. The van der Waals surface area contributed by atoms with Gasteiger partial charge in [0.2, 0.25) is 0 Å². The van der Waals surface area contributed by atoms with E-state index < -0.39 is 17.8 Å². The Kier molecular flexibility index (Phi) is 5.63. The standard InChI is InChI=1S/C23H19FN4O2/c24-19-12-17(23(30)26-21(14-29)16-6-2-1-3-7-16)11-18-20(27-28-22(18)19)9-8-15-5-4-10-25-13-15/h1-13,21,29H,14H2,(H,26,30)(H,27,28)/t21-/m1/s1. The van der Waals surface area contributed by atoms with Crippen molar-refractivity contribution >= 4 is 29.0 Å². The highest BCUT2D eigenvalue weighted by Gasteiger charge is 2.18. The van der Waals surface area contributed by atoms with Gasteiger partial charge in [0.05, 0.1) is 18.3 Å². The zero-order chi connectivity index (χ0) is 20.9. The zero-order valence-corrected chi connectivity index (χ0v) is 15.9. The van der Waals surface area contributed by atoms with Crippen LogP contribution in [0.2, 0.25) is 0 Å². The second-order valence-corrected chi connectivity index (χ2v) is 6.73. The van der Waals surface area contributed by atoms with Crippen molar-refractivity contribution < 1.29 is 14.3 Å². The summed E-state index contributed by atoms with van der Waals surface area (Å²) < 4.78 is 14.6. The zero-order valence-electron chi connectivity index (χ0n) is 15.9. The van der Waals surface area contributed by atoms with Gasteiger partial charge in [-0.3, -0.25) is 14.9 Å². The van der Waals surface area contributed by atoms with E-state index in [9.17, 15) is 14.3 Å². The third kappa shape index (κ3) is 4.11. The number of hydrogen-bond donors (Lipinski definition) is 3. The average Bonchev–Trinajstić information content (AvgIpc) is 3.20. The molecule has 0 saturated carbocycles. The molecular weight excluding hydrogens is 383 g/mol. The van der Waals surface area contributed by atoms with Crippen LogP contribution >= 0.6 is 0 Å². The maximum absolute atomic E-state index is 14.6. The largest absolute Gasteiger partial charge is 0.394 e. The molecule has 30 heavy (non-hydrogen) atoms. The van der Waals surface area contributed by atoms with Crippen molar-refractivity contribution in [2.45, 2.75) is 6.04 Å². The molecule has 4 rings (SSSR count). The Morgan fingerprint density at radius 2 is 2.00 bits per heavy atom. The van der Waals surface area contributed by atoms with Gasteiger partial charge in [-0.1, -0.05) is 42.5 Å². The number of carbonyl (C=O) groups excluding carboxylic acids is 1. The number of nitrogens with one attached hydrogen (secondary N) is 2. The van der Waals surface area contributed by atoms with E-state index in [1.807, 2.05) is 48.5 Å². The van der Waals surface area contributed by atoms with Crippen molar-refractivity contribution in [1.29, 1.82) is 0 Å². The highest BCUT2D eigenvalue weighted by atomic mass is 19.1. The first kappa shape index (κ1) is 19.5. The van der Waals surface area contributed by atoms with Gasteiger partial charge in [-0.15, -0.1) is 0 Å². The molecule has 7 heteroatoms. The minimum absolute atomic E-state index is 0.145. The molecule has 0 aliphatic rings. The summed E-state index contributed by atoms with van der Waals surface area (Å²) in [5.74, 6) is -1.09. The number of benzene rings is 2. The topological polar surface area (TPSA) is 90.9 Å². The molecule has 4 aromatic rings. The van der Waals surface area contributed by atoms with Crippen molar-refractivity contribution in [2.75, 3.05) is 6.61 Å². The van der Waals surface area contributed by atoms with E-state index in [0.717, 1.165) is 17.2 Å². The van der Waals surface area contributed by atoms with Crippen LogP contribution in [0.4, 0.5) is 4.39 Å². The van der Waals surface area contributed by atoms with Gasteiger partial charge in [0.25, 0.3) is 5.91 Å². The lowest BCUT2D eigenvalue weighted by Gasteiger charge is -2.16. The number of carbonyl (C=O) groups is 1. The fourth-order valence-corrected chi connectivity index (χ4v) is 3.17. The van der Waals surface area contributed by atoms with E-state index in [-0.39, 0.29) is 17.7 Å². The third-order valence-electron chi connectivity index (χ3n) is 4.72. The number of nitrogens with zero attached hydrogens (tertiary/aromatic N) is 2. The number of H-pyrrole nitrogens is 1. The summed E-state index contributed by atoms with van der Waals surface area (Å²) in [7, 11) is 0. The van der Waals surface area contributed by atoms with E-state index in [1.54, 1.807) is 24.5 Å². The molecule has 0 aliphatic heterocycles. The maximum atomic E-state index is 14.6. The van der Waals surface area contributed by atoms with Gasteiger partial charge < -0.3 is 10.4 Å². The lowest BCUT2D eigenvalue weighted by atomic mass is 10.1. The van der Waals surface area contributed by atoms with Crippen LogP contribution in [0.1, 0.15) is 33.2 Å². The summed E-state index contributed by atoms with van der Waals surface area (Å²) in [4.78, 5) is 16.8. The van der Waals surface area contributed by atoms with E-state index >= 15 is 0 Å². The monoisotopic (exact) mass is 402 g/mol. The fraction of sp³-hybridized carbons (Fsp3) is 0.0870. The Morgan fingerprint density at radius 3 is 2.73 bits per heavy atom. The van der Waals surface area contributed by atoms with E-state index in [0.29, 0.717) is 11.1 Å². The summed E-state index contributed by atoms with van der Waals surface area (Å²) in [5, 5.41) is 19.7. The molecule has 2 aromatic carbocycles. The van der Waals surface area contributed by atoms with E-state index in [1.165, 1.54) is 0 Å². The molecule has 1 amide bonds. The van der Waals surface area contributed by atoms with Crippen molar-refractivity contribution in [3.63, 3.8) is 0 Å². The summed E-state index contributed by atoms with van der Waals surface area (Å²) >= 11 is 0. The summed E-state index contributed by atoms with van der Waals surface area (Å²) in [5.41, 5.74) is 2.51. The first-order valence-corrected chi connectivity index (χ1v) is 9.38. The van der Waals surface area contributed by atoms with Gasteiger partial charge in [-0.05, 0) is 35.4 Å². The molecule has 0 spiro atoms. The van der Waals surface area contributed by atoms with E-state index in [4.69, 9.17) is 0 Å². The van der Waals surface area contributed by atoms with Crippen LogP contribution in [0, 0.1) is 5.82 Å². The van der Waals surface area contributed by atoms with Gasteiger partial charge >= 0.3 is 0 Å². The number of amides is 1. The SMILES string of the molecule is O=C(N[C@H](CO)c1ccccc1)c1cc(F)c2n[nH]c(C=Cc3cccnc3)c2c1. The summed E-state index contributed by atoms with van der Waals surface area (Å²) in [6.45, 7) is -0.273. The quantitative estimate of drug-likeness (QED) is 0.458. The minimum atomic E-state index is -0.602. The number of aliphatic hydroxyl groups is 1. The van der Waals surface area contributed by atoms with Crippen molar-refractivity contribution in [1.82, 2.24) is 20.5 Å². The Labute approximate surface area is 172 Å². The van der Waals surface area contributed by atoms with Crippen LogP contribution in [-0.2, 0) is 0 Å². The van der Waals surface area contributed by atoms with Crippen LogP contribution in [0.3, 0.4) is 0 Å². The van der Waals surface area contributed by atoms with Gasteiger partial charge in [-0.2, -0.15) is 5.10 Å². The number of pyridine rings is 1. The average molecular weight is 402 g/mol. The number of halogens is 1. The first-order valence-electron chi connectivity index (χ1n) is 9.38. The third-order valence-corrected chi connectivity index (χ3v) is 4.72. The fourth-order valence-electron chi connectivity index (χ4n) is 3.17. The van der Waals surface area contributed by atoms with Crippen LogP contribution in [-0.4, -0.2) is 32.8 Å². The van der Waals surface area contributed by atoms with Crippen molar-refractivity contribution in [2.24, 2.45) is 0 Å². The smallest absolute Gasteiger partial charge is 0.251 e. The van der Waals surface area contributed by atoms with Crippen molar-refractivity contribution in [3.8, 4) is 0 Å². The van der Waals surface area contributed by atoms with E-state index in [2.05, 4.69) is 20.5 Å². The molecule has 150 valence electrons. The number of hydrogen-bond acceptors (Lipinski definition) is 4. The molecule has 1 atom stereocenters. The van der Waals surface area contributed by atoms with Crippen molar-refractivity contribution in [3.05, 3.63) is 95.2 Å². The summed E-state index contributed by atoms with van der Waals surface area (Å²) in [6, 6.07) is 15.0. The summed E-state index contributed by atoms with van der Waals surface area (Å²) in [6.07, 6.45) is 6.96. The number of aromatic amines is 1. The molecule has 2 aromatic heterocycles. The highest BCUT2D eigenvalue weighted by Crippen LogP contribution is 2.23. The Morgan fingerprint density at radius 1 is 1.17 bits per heavy atom. The first-order chi connectivity index (χ1) is 14.7. The molecule has 3 N–H and O–H groups in total. The Balaban J connectivity index is 1.63. The molecule has 0 unspecified atom stereocenters. The molecule has 0 aliphatic carbocycles. The molecular formula is C23H19FN4O2. The predicted molar refractivity (Wildman–Crippen MR) is 113 cm³/mol.